The molecule has 0 radical (unpaired) electrons. The molecule has 0 N–H and O–H groups in total. The number of amides is 1. The van der Waals surface area contributed by atoms with Crippen molar-refractivity contribution in [2.75, 3.05) is 26.0 Å². The summed E-state index contributed by atoms with van der Waals surface area (Å²) >= 11 is 2.26. The largest absolute Gasteiger partial charge is 0.465 e. The molecule has 3 aromatic rings. The van der Waals surface area contributed by atoms with Crippen molar-refractivity contribution in [2.45, 2.75) is 35.4 Å². The minimum atomic E-state index is -3.58. The van der Waals surface area contributed by atoms with E-state index in [1.807, 2.05) is 0 Å². The molecular weight excluding hydrogens is 547 g/mol. The summed E-state index contributed by atoms with van der Waals surface area (Å²) in [5.74, 6) is -1.38. The van der Waals surface area contributed by atoms with E-state index in [0.717, 1.165) is 28.9 Å². The van der Waals surface area contributed by atoms with E-state index in [4.69, 9.17) is 4.74 Å². The molecule has 1 aromatic carbocycles. The zero-order chi connectivity index (χ0) is 26.1. The molecule has 1 aliphatic heterocycles. The van der Waals surface area contributed by atoms with Crippen LogP contribution in [0.4, 0.5) is 0 Å². The number of ether oxygens (including phenoxy) is 1. The van der Waals surface area contributed by atoms with Crippen molar-refractivity contribution in [1.82, 2.24) is 8.87 Å². The van der Waals surface area contributed by atoms with Crippen LogP contribution >= 0.6 is 22.7 Å². The van der Waals surface area contributed by atoms with Crippen molar-refractivity contribution in [3.8, 4) is 0 Å². The molecule has 14 heteroatoms. The molecule has 1 amide bonds. The topological polar surface area (TPSA) is 132 Å². The van der Waals surface area contributed by atoms with Crippen LogP contribution in [-0.2, 0) is 40.7 Å². The number of thiophene rings is 1. The molecule has 0 unspecified atom stereocenters. The maximum absolute atomic E-state index is 13.1. The van der Waals surface area contributed by atoms with Gasteiger partial charge >= 0.3 is 5.97 Å². The summed E-state index contributed by atoms with van der Waals surface area (Å²) in [6.45, 7) is 2.11. The molecule has 1 aliphatic rings. The van der Waals surface area contributed by atoms with Crippen LogP contribution in [0.3, 0.4) is 0 Å². The van der Waals surface area contributed by atoms with E-state index in [1.165, 1.54) is 16.4 Å². The lowest BCUT2D eigenvalue weighted by Gasteiger charge is -2.29. The van der Waals surface area contributed by atoms with E-state index in [2.05, 4.69) is 4.99 Å². The van der Waals surface area contributed by atoms with Crippen LogP contribution in [0.5, 0.6) is 0 Å². The number of sulfonamides is 1. The van der Waals surface area contributed by atoms with E-state index in [1.54, 1.807) is 35.1 Å². The van der Waals surface area contributed by atoms with Crippen molar-refractivity contribution < 1.29 is 31.2 Å². The third kappa shape index (κ3) is 5.62. The van der Waals surface area contributed by atoms with Gasteiger partial charge in [0.2, 0.25) is 0 Å². The number of hydrogen-bond acceptors (Lipinski definition) is 9. The summed E-state index contributed by atoms with van der Waals surface area (Å²) in [6.07, 6.45) is 1.76. The Kier molecular flexibility index (Phi) is 7.80. The van der Waals surface area contributed by atoms with Crippen LogP contribution in [0.15, 0.2) is 49.8 Å². The highest BCUT2D eigenvalue weighted by Crippen LogP contribution is 2.27. The van der Waals surface area contributed by atoms with Crippen LogP contribution in [0.2, 0.25) is 0 Å². The highest BCUT2D eigenvalue weighted by atomic mass is 32.2. The Morgan fingerprint density at radius 2 is 1.86 bits per heavy atom. The number of fused-ring (bicyclic) bond motifs is 1. The minimum absolute atomic E-state index is 0.122. The molecule has 4 rings (SSSR count). The molecule has 1 fully saturated rings. The number of piperidine rings is 1. The summed E-state index contributed by atoms with van der Waals surface area (Å²) < 4.78 is 58.3. The number of carbonyl (C=O) groups is 2. The molecule has 0 bridgehead atoms. The van der Waals surface area contributed by atoms with Crippen LogP contribution in [0, 0.1) is 5.92 Å². The molecule has 36 heavy (non-hydrogen) atoms. The molecular formula is C22H25N3O7S4. The van der Waals surface area contributed by atoms with Crippen molar-refractivity contribution in [1.29, 1.82) is 0 Å². The SMILES string of the molecule is CCOC(=O)Cn1c(=NC(=O)C2CCN(S(=O)(=O)c3cccs3)CC2)sc2cc(S(C)(=O)=O)ccc21. The van der Waals surface area contributed by atoms with Gasteiger partial charge in [-0.3, -0.25) is 9.59 Å². The van der Waals surface area contributed by atoms with Gasteiger partial charge in [-0.25, -0.2) is 16.8 Å². The molecule has 0 saturated carbocycles. The zero-order valence-corrected chi connectivity index (χ0v) is 22.9. The first-order valence-corrected chi connectivity index (χ1v) is 16.1. The van der Waals surface area contributed by atoms with Gasteiger partial charge in [-0.15, -0.1) is 11.3 Å². The van der Waals surface area contributed by atoms with Gasteiger partial charge in [-0.05, 0) is 49.4 Å². The fraction of sp³-hybridized carbons (Fsp3) is 0.409. The van der Waals surface area contributed by atoms with Gasteiger partial charge in [0.25, 0.3) is 15.9 Å². The number of aromatic nitrogens is 1. The van der Waals surface area contributed by atoms with E-state index in [-0.39, 0.29) is 40.1 Å². The quantitative estimate of drug-likeness (QED) is 0.397. The van der Waals surface area contributed by atoms with E-state index in [0.29, 0.717) is 23.1 Å². The van der Waals surface area contributed by atoms with Gasteiger partial charge in [0.05, 0.1) is 21.7 Å². The fourth-order valence-electron chi connectivity index (χ4n) is 3.92. The Balaban J connectivity index is 1.62. The second-order valence-electron chi connectivity index (χ2n) is 8.24. The van der Waals surface area contributed by atoms with E-state index in [9.17, 15) is 26.4 Å². The molecule has 0 atom stereocenters. The highest BCUT2D eigenvalue weighted by molar-refractivity contribution is 7.91. The summed E-state index contributed by atoms with van der Waals surface area (Å²) in [7, 11) is -7.03. The van der Waals surface area contributed by atoms with Crippen LogP contribution in [-0.4, -0.2) is 63.5 Å². The Morgan fingerprint density at radius 3 is 2.47 bits per heavy atom. The first-order chi connectivity index (χ1) is 17.0. The molecule has 0 spiro atoms. The minimum Gasteiger partial charge on any atom is -0.465 e. The average molecular weight is 572 g/mol. The molecule has 10 nitrogen and oxygen atoms in total. The summed E-state index contributed by atoms with van der Waals surface area (Å²) in [5, 5.41) is 1.71. The van der Waals surface area contributed by atoms with Crippen molar-refractivity contribution in [2.24, 2.45) is 10.9 Å². The number of thiazole rings is 1. The first-order valence-electron chi connectivity index (χ1n) is 11.1. The maximum Gasteiger partial charge on any atom is 0.326 e. The second-order valence-corrected chi connectivity index (χ2v) is 14.4. The van der Waals surface area contributed by atoms with Crippen molar-refractivity contribution in [3.05, 3.63) is 40.5 Å². The van der Waals surface area contributed by atoms with Gasteiger partial charge in [-0.1, -0.05) is 17.4 Å². The van der Waals surface area contributed by atoms with Gasteiger partial charge in [0, 0.05) is 25.3 Å². The molecule has 194 valence electrons. The predicted molar refractivity (Wildman–Crippen MR) is 136 cm³/mol. The second kappa shape index (κ2) is 10.5. The van der Waals surface area contributed by atoms with Crippen molar-refractivity contribution >= 4 is 64.6 Å². The number of rotatable bonds is 7. The highest BCUT2D eigenvalue weighted by Gasteiger charge is 2.32. The van der Waals surface area contributed by atoms with Crippen LogP contribution in [0.25, 0.3) is 10.2 Å². The van der Waals surface area contributed by atoms with Crippen LogP contribution < -0.4 is 4.80 Å². The van der Waals surface area contributed by atoms with Gasteiger partial charge in [0.15, 0.2) is 14.6 Å². The number of nitrogens with zero attached hydrogens (tertiary/aromatic N) is 3. The summed E-state index contributed by atoms with van der Waals surface area (Å²) in [5.41, 5.74) is 0.559. The number of benzene rings is 1. The van der Waals surface area contributed by atoms with E-state index >= 15 is 0 Å². The summed E-state index contributed by atoms with van der Waals surface area (Å²) in [6, 6.07) is 7.77. The summed E-state index contributed by atoms with van der Waals surface area (Å²) in [4.78, 5) is 29.9. The number of esters is 1. The number of hydrogen-bond donors (Lipinski definition) is 0. The Morgan fingerprint density at radius 1 is 1.14 bits per heavy atom. The normalized spacial score (nSPS) is 16.4. The van der Waals surface area contributed by atoms with Crippen molar-refractivity contribution in [3.63, 3.8) is 0 Å². The Hall–Kier alpha value is -2.39. The lowest BCUT2D eigenvalue weighted by atomic mass is 9.98. The Bertz CT molecular complexity index is 1560. The molecule has 3 heterocycles. The zero-order valence-electron chi connectivity index (χ0n) is 19.6. The molecule has 0 aliphatic carbocycles. The maximum atomic E-state index is 13.1. The number of carbonyl (C=O) groups excluding carboxylic acids is 2. The first kappa shape index (κ1) is 26.7. The smallest absolute Gasteiger partial charge is 0.326 e. The number of sulfone groups is 1. The predicted octanol–water partition coefficient (Wildman–Crippen LogP) is 2.26. The van der Waals surface area contributed by atoms with Gasteiger partial charge < -0.3 is 9.30 Å². The molecule has 2 aromatic heterocycles. The van der Waals surface area contributed by atoms with Gasteiger partial charge in [0.1, 0.15) is 10.8 Å². The van der Waals surface area contributed by atoms with Gasteiger partial charge in [-0.2, -0.15) is 9.30 Å². The third-order valence-electron chi connectivity index (χ3n) is 5.77. The lowest BCUT2D eigenvalue weighted by molar-refractivity contribution is -0.143. The third-order valence-corrected chi connectivity index (χ3v) is 11.2. The standard InChI is InChI=1S/C22H25N3O7S4/c1-3-32-19(26)14-25-17-7-6-16(35(2,28)29)13-18(17)34-22(25)23-21(27)15-8-10-24(11-9-15)36(30,31)20-5-4-12-33-20/h4-7,12-13,15H,3,8-11,14H2,1-2H3. The fourth-order valence-corrected chi connectivity index (χ4v) is 8.33. The lowest BCUT2D eigenvalue weighted by Crippen LogP contribution is -2.40. The average Bonchev–Trinajstić information content (AvgIpc) is 3.48. The van der Waals surface area contributed by atoms with Crippen LogP contribution in [0.1, 0.15) is 19.8 Å². The Labute approximate surface area is 216 Å². The molecule has 1 saturated heterocycles. The monoisotopic (exact) mass is 571 g/mol. The van der Waals surface area contributed by atoms with E-state index < -0.39 is 37.7 Å².